The van der Waals surface area contributed by atoms with Gasteiger partial charge in [-0.15, -0.1) is 0 Å². The van der Waals surface area contributed by atoms with Gasteiger partial charge in [-0.2, -0.15) is 0 Å². The lowest BCUT2D eigenvalue weighted by Crippen LogP contribution is -1.91. The van der Waals surface area contributed by atoms with Gasteiger partial charge in [0.05, 0.1) is 0 Å². The molecule has 0 radical (unpaired) electrons. The number of aromatic nitrogens is 1. The topological polar surface area (TPSA) is 32.9 Å². The van der Waals surface area contributed by atoms with Gasteiger partial charge in [-0.05, 0) is 23.7 Å². The van der Waals surface area contributed by atoms with Crippen molar-refractivity contribution >= 4 is 27.7 Å². The van der Waals surface area contributed by atoms with Crippen LogP contribution < -0.4 is 0 Å². The number of para-hydroxylation sites is 1. The number of carbonyl (C=O) groups excluding carboxylic acids is 1. The van der Waals surface area contributed by atoms with E-state index in [1.165, 1.54) is 0 Å². The lowest BCUT2D eigenvalue weighted by molar-refractivity contribution is 0.107. The number of carbonyl (C=O) groups is 1. The highest BCUT2D eigenvalue weighted by molar-refractivity contribution is 6.67. The molecule has 13 heavy (non-hydrogen) atoms. The summed E-state index contributed by atoms with van der Waals surface area (Å²) in [5.74, 6) is -0.587. The first-order valence-electron chi connectivity index (χ1n) is 3.66. The Bertz CT molecular complexity index is 477. The van der Waals surface area contributed by atoms with Crippen LogP contribution in [0, 0.1) is 5.82 Å². The van der Waals surface area contributed by atoms with Crippen molar-refractivity contribution < 1.29 is 9.18 Å². The second-order valence-corrected chi connectivity index (χ2v) is 2.98. The molecule has 0 unspecified atom stereocenters. The van der Waals surface area contributed by atoms with Crippen LogP contribution in [-0.4, -0.2) is 10.2 Å². The van der Waals surface area contributed by atoms with E-state index in [1.54, 1.807) is 24.3 Å². The summed E-state index contributed by atoms with van der Waals surface area (Å²) in [5.41, 5.74) is 0.395. The smallest absolute Gasteiger partial charge is 0.271 e. The normalized spacial score (nSPS) is 10.6. The fraction of sp³-hybridized carbons (Fsp3) is 0. The number of hydrogen-bond donors (Lipinski definition) is 1. The van der Waals surface area contributed by atoms with Crippen molar-refractivity contribution in [3.05, 3.63) is 35.8 Å². The first-order valence-corrected chi connectivity index (χ1v) is 4.04. The highest BCUT2D eigenvalue weighted by atomic mass is 35.5. The van der Waals surface area contributed by atoms with Crippen molar-refractivity contribution in [3.8, 4) is 0 Å². The fourth-order valence-corrected chi connectivity index (χ4v) is 1.37. The Morgan fingerprint density at radius 1 is 1.38 bits per heavy atom. The molecule has 0 aliphatic carbocycles. The van der Waals surface area contributed by atoms with Crippen LogP contribution >= 0.6 is 11.6 Å². The van der Waals surface area contributed by atoms with Gasteiger partial charge in [0, 0.05) is 10.9 Å². The second kappa shape index (κ2) is 2.85. The molecule has 1 heterocycles. The highest BCUT2D eigenvalue weighted by Gasteiger charge is 2.14. The summed E-state index contributed by atoms with van der Waals surface area (Å²) in [6, 6.07) is 6.72. The third-order valence-electron chi connectivity index (χ3n) is 1.84. The van der Waals surface area contributed by atoms with Gasteiger partial charge in [-0.3, -0.25) is 4.79 Å². The van der Waals surface area contributed by atoms with Crippen LogP contribution in [0.15, 0.2) is 24.3 Å². The molecule has 0 saturated carbocycles. The van der Waals surface area contributed by atoms with Gasteiger partial charge in [0.15, 0.2) is 5.82 Å². The van der Waals surface area contributed by atoms with E-state index in [0.717, 1.165) is 0 Å². The maximum absolute atomic E-state index is 13.3. The maximum atomic E-state index is 13.3. The Labute approximate surface area is 78.3 Å². The van der Waals surface area contributed by atoms with E-state index in [1.807, 2.05) is 0 Å². The van der Waals surface area contributed by atoms with E-state index >= 15 is 0 Å². The van der Waals surface area contributed by atoms with Crippen LogP contribution in [0.4, 0.5) is 4.39 Å². The summed E-state index contributed by atoms with van der Waals surface area (Å²) < 4.78 is 13.3. The van der Waals surface area contributed by atoms with Gasteiger partial charge in [0.1, 0.15) is 5.69 Å². The number of fused-ring (bicyclic) bond motifs is 1. The van der Waals surface area contributed by atoms with Crippen molar-refractivity contribution in [3.63, 3.8) is 0 Å². The van der Waals surface area contributed by atoms with Gasteiger partial charge in [-0.25, -0.2) is 4.39 Å². The minimum absolute atomic E-state index is 0.178. The summed E-state index contributed by atoms with van der Waals surface area (Å²) >= 11 is 5.17. The van der Waals surface area contributed by atoms with Crippen molar-refractivity contribution in [2.45, 2.75) is 0 Å². The molecular weight excluding hydrogens is 193 g/mol. The Hall–Kier alpha value is -1.35. The summed E-state index contributed by atoms with van der Waals surface area (Å²) in [4.78, 5) is 13.3. The van der Waals surface area contributed by atoms with Crippen LogP contribution in [0.3, 0.4) is 0 Å². The number of halogens is 2. The van der Waals surface area contributed by atoms with Gasteiger partial charge < -0.3 is 4.98 Å². The second-order valence-electron chi connectivity index (χ2n) is 2.63. The number of rotatable bonds is 1. The average Bonchev–Trinajstić information content (AvgIpc) is 2.45. The first-order chi connectivity index (χ1) is 6.20. The molecular formula is C9H5ClFNO. The molecule has 0 fully saturated rings. The zero-order valence-electron chi connectivity index (χ0n) is 6.47. The number of H-pyrrole nitrogens is 1. The average molecular weight is 198 g/mol. The van der Waals surface area contributed by atoms with Gasteiger partial charge in [0.2, 0.25) is 0 Å². The van der Waals surface area contributed by atoms with E-state index in [4.69, 9.17) is 11.6 Å². The molecule has 0 amide bonds. The molecule has 0 saturated heterocycles. The molecule has 1 aromatic heterocycles. The lowest BCUT2D eigenvalue weighted by Gasteiger charge is -1.85. The van der Waals surface area contributed by atoms with Gasteiger partial charge >= 0.3 is 0 Å². The molecule has 0 spiro atoms. The molecule has 66 valence electrons. The number of benzene rings is 1. The Morgan fingerprint density at radius 3 is 2.69 bits per heavy atom. The van der Waals surface area contributed by atoms with E-state index in [0.29, 0.717) is 10.9 Å². The van der Waals surface area contributed by atoms with Crippen LogP contribution in [0.25, 0.3) is 10.9 Å². The molecule has 0 aliphatic rings. The molecule has 2 rings (SSSR count). The molecule has 2 aromatic rings. The van der Waals surface area contributed by atoms with E-state index in [9.17, 15) is 9.18 Å². The van der Waals surface area contributed by atoms with E-state index in [2.05, 4.69) is 4.98 Å². The van der Waals surface area contributed by atoms with Crippen molar-refractivity contribution in [1.29, 1.82) is 0 Å². The van der Waals surface area contributed by atoms with Crippen LogP contribution in [0.1, 0.15) is 10.5 Å². The SMILES string of the molecule is O=C(Cl)c1[nH]c2ccccc2c1F. The predicted molar refractivity (Wildman–Crippen MR) is 48.4 cm³/mol. The zero-order chi connectivity index (χ0) is 9.42. The number of nitrogens with one attached hydrogen (secondary N) is 1. The molecule has 0 atom stereocenters. The van der Waals surface area contributed by atoms with E-state index < -0.39 is 11.1 Å². The molecule has 0 bridgehead atoms. The quantitative estimate of drug-likeness (QED) is 0.701. The van der Waals surface area contributed by atoms with Gasteiger partial charge in [0.25, 0.3) is 5.24 Å². The largest absolute Gasteiger partial charge is 0.349 e. The van der Waals surface area contributed by atoms with Crippen molar-refractivity contribution in [2.24, 2.45) is 0 Å². The summed E-state index contributed by atoms with van der Waals surface area (Å²) in [6.45, 7) is 0. The maximum Gasteiger partial charge on any atom is 0.271 e. The Morgan fingerprint density at radius 2 is 2.08 bits per heavy atom. The number of aromatic amines is 1. The molecule has 1 N–H and O–H groups in total. The lowest BCUT2D eigenvalue weighted by atomic mass is 10.2. The molecule has 1 aromatic carbocycles. The molecule has 4 heteroatoms. The minimum Gasteiger partial charge on any atom is -0.349 e. The highest BCUT2D eigenvalue weighted by Crippen LogP contribution is 2.21. The van der Waals surface area contributed by atoms with Crippen LogP contribution in [0.2, 0.25) is 0 Å². The summed E-state index contributed by atoms with van der Waals surface area (Å²) in [5, 5.41) is -0.430. The first kappa shape index (κ1) is 8.26. The third-order valence-corrected chi connectivity index (χ3v) is 2.03. The standard InChI is InChI=1S/C9H5ClFNO/c10-9(13)8-7(11)5-3-1-2-4-6(5)12-8/h1-4,12H. The zero-order valence-corrected chi connectivity index (χ0v) is 7.23. The Kier molecular flexibility index (Phi) is 1.81. The number of hydrogen-bond acceptors (Lipinski definition) is 1. The van der Waals surface area contributed by atoms with Crippen LogP contribution in [-0.2, 0) is 0 Å². The monoisotopic (exact) mass is 197 g/mol. The fourth-order valence-electron chi connectivity index (χ4n) is 1.24. The summed E-state index contributed by atoms with van der Waals surface area (Å²) in [6.07, 6.45) is 0. The summed E-state index contributed by atoms with van der Waals surface area (Å²) in [7, 11) is 0. The Balaban J connectivity index is 2.81. The minimum atomic E-state index is -0.811. The van der Waals surface area contributed by atoms with Crippen LogP contribution in [0.5, 0.6) is 0 Å². The molecule has 0 aliphatic heterocycles. The van der Waals surface area contributed by atoms with E-state index in [-0.39, 0.29) is 5.69 Å². The predicted octanol–water partition coefficient (Wildman–Crippen LogP) is 2.69. The van der Waals surface area contributed by atoms with Crippen molar-refractivity contribution in [2.75, 3.05) is 0 Å². The third kappa shape index (κ3) is 1.21. The molecule has 2 nitrogen and oxygen atoms in total. The van der Waals surface area contributed by atoms with Gasteiger partial charge in [-0.1, -0.05) is 12.1 Å². The van der Waals surface area contributed by atoms with Crippen molar-refractivity contribution in [1.82, 2.24) is 4.98 Å².